The molecule has 18 heavy (non-hydrogen) atoms. The molecule has 0 saturated carbocycles. The average Bonchev–Trinajstić information content (AvgIpc) is 2.90. The molecule has 2 rings (SSSR count). The fourth-order valence-corrected chi connectivity index (χ4v) is 1.72. The van der Waals surface area contributed by atoms with Gasteiger partial charge in [-0.2, -0.15) is 5.26 Å². The minimum absolute atomic E-state index is 0.120. The number of nitrogens with one attached hydrogen (secondary N) is 2. The molecule has 1 aliphatic heterocycles. The van der Waals surface area contributed by atoms with Gasteiger partial charge in [0.2, 0.25) is 0 Å². The molecule has 1 aromatic heterocycles. The summed E-state index contributed by atoms with van der Waals surface area (Å²) < 4.78 is 5.39. The van der Waals surface area contributed by atoms with Gasteiger partial charge in [-0.15, -0.1) is 0 Å². The molecule has 0 unspecified atom stereocenters. The molecule has 0 aliphatic carbocycles. The van der Waals surface area contributed by atoms with E-state index >= 15 is 0 Å². The predicted molar refractivity (Wildman–Crippen MR) is 64.9 cm³/mol. The zero-order chi connectivity index (χ0) is 12.8. The Morgan fingerprint density at radius 2 is 2.50 bits per heavy atom. The van der Waals surface area contributed by atoms with Gasteiger partial charge in [0.05, 0.1) is 18.0 Å². The van der Waals surface area contributed by atoms with Crippen LogP contribution >= 0.6 is 0 Å². The molecule has 1 aliphatic rings. The van der Waals surface area contributed by atoms with Gasteiger partial charge in [-0.05, 0) is 25.0 Å². The second-order valence-electron chi connectivity index (χ2n) is 4.01. The molecule has 94 valence electrons. The van der Waals surface area contributed by atoms with Crippen molar-refractivity contribution in [2.45, 2.75) is 18.9 Å². The van der Waals surface area contributed by atoms with Crippen molar-refractivity contribution in [3.63, 3.8) is 0 Å². The molecule has 6 nitrogen and oxygen atoms in total. The van der Waals surface area contributed by atoms with Gasteiger partial charge in [0, 0.05) is 13.2 Å². The molecule has 0 spiro atoms. The van der Waals surface area contributed by atoms with E-state index in [4.69, 9.17) is 10.00 Å². The van der Waals surface area contributed by atoms with E-state index in [0.717, 1.165) is 19.4 Å². The molecule has 0 radical (unpaired) electrons. The number of carbonyl (C=O) groups is 1. The molecule has 1 atom stereocenters. The van der Waals surface area contributed by atoms with E-state index in [9.17, 15) is 4.79 Å². The molecule has 2 N–H and O–H groups in total. The molecular weight excluding hydrogens is 232 g/mol. The van der Waals surface area contributed by atoms with Crippen molar-refractivity contribution in [1.29, 1.82) is 5.26 Å². The van der Waals surface area contributed by atoms with Crippen molar-refractivity contribution >= 4 is 11.7 Å². The Morgan fingerprint density at radius 1 is 1.61 bits per heavy atom. The smallest absolute Gasteiger partial charge is 0.319 e. The van der Waals surface area contributed by atoms with Gasteiger partial charge >= 0.3 is 6.03 Å². The second-order valence-corrected chi connectivity index (χ2v) is 4.01. The van der Waals surface area contributed by atoms with Crippen molar-refractivity contribution in [3.05, 3.63) is 24.0 Å². The van der Waals surface area contributed by atoms with Crippen LogP contribution in [0.15, 0.2) is 18.3 Å². The first kappa shape index (κ1) is 12.3. The van der Waals surface area contributed by atoms with Crippen LogP contribution in [-0.4, -0.2) is 30.3 Å². The molecule has 1 fully saturated rings. The SMILES string of the molecule is N#Cc1ccc(NC(=O)NC[C@@H]2CCCO2)cn1. The third-order valence-electron chi connectivity index (χ3n) is 2.65. The zero-order valence-electron chi connectivity index (χ0n) is 9.85. The Kier molecular flexibility index (Phi) is 4.10. The summed E-state index contributed by atoms with van der Waals surface area (Å²) in [5.41, 5.74) is 0.874. The lowest BCUT2D eigenvalue weighted by Crippen LogP contribution is -2.35. The Labute approximate surface area is 105 Å². The standard InChI is InChI=1S/C12H14N4O2/c13-6-9-3-4-10(7-14-9)16-12(17)15-8-11-2-1-5-18-11/h3-4,7,11H,1-2,5,8H2,(H2,15,16,17)/t11-/m0/s1. The number of amides is 2. The Balaban J connectivity index is 1.77. The fourth-order valence-electron chi connectivity index (χ4n) is 1.72. The van der Waals surface area contributed by atoms with E-state index < -0.39 is 0 Å². The van der Waals surface area contributed by atoms with Gasteiger partial charge in [0.1, 0.15) is 11.8 Å². The summed E-state index contributed by atoms with van der Waals surface area (Å²) >= 11 is 0. The molecular formula is C12H14N4O2. The summed E-state index contributed by atoms with van der Waals surface area (Å²) in [7, 11) is 0. The van der Waals surface area contributed by atoms with E-state index in [1.165, 1.54) is 6.20 Å². The van der Waals surface area contributed by atoms with Gasteiger partial charge < -0.3 is 15.4 Å². The first-order valence-electron chi connectivity index (χ1n) is 5.80. The van der Waals surface area contributed by atoms with Crippen molar-refractivity contribution < 1.29 is 9.53 Å². The predicted octanol–water partition coefficient (Wildman–Crippen LogP) is 1.25. The normalized spacial score (nSPS) is 18.1. The van der Waals surface area contributed by atoms with Crippen LogP contribution in [0.4, 0.5) is 10.5 Å². The van der Waals surface area contributed by atoms with Crippen LogP contribution in [0.2, 0.25) is 0 Å². The third-order valence-corrected chi connectivity index (χ3v) is 2.65. The number of rotatable bonds is 3. The summed E-state index contributed by atoms with van der Waals surface area (Å²) in [6, 6.07) is 4.81. The van der Waals surface area contributed by atoms with Crippen molar-refractivity contribution in [2.75, 3.05) is 18.5 Å². The van der Waals surface area contributed by atoms with Crippen LogP contribution in [0.25, 0.3) is 0 Å². The number of hydrogen-bond donors (Lipinski definition) is 2. The number of nitriles is 1. The number of aromatic nitrogens is 1. The molecule has 1 saturated heterocycles. The Morgan fingerprint density at radius 3 is 3.11 bits per heavy atom. The van der Waals surface area contributed by atoms with Crippen molar-refractivity contribution in [3.8, 4) is 6.07 Å². The lowest BCUT2D eigenvalue weighted by molar-refractivity contribution is 0.112. The molecule has 1 aromatic rings. The van der Waals surface area contributed by atoms with E-state index in [-0.39, 0.29) is 12.1 Å². The maximum absolute atomic E-state index is 11.6. The molecule has 6 heteroatoms. The quantitative estimate of drug-likeness (QED) is 0.840. The monoisotopic (exact) mass is 246 g/mol. The highest BCUT2D eigenvalue weighted by Gasteiger charge is 2.15. The molecule has 0 aromatic carbocycles. The second kappa shape index (κ2) is 5.98. The minimum Gasteiger partial charge on any atom is -0.376 e. The first-order chi connectivity index (χ1) is 8.78. The number of urea groups is 1. The summed E-state index contributed by atoms with van der Waals surface area (Å²) in [5.74, 6) is 0. The lowest BCUT2D eigenvalue weighted by Gasteiger charge is -2.11. The van der Waals surface area contributed by atoms with Crippen LogP contribution < -0.4 is 10.6 Å². The average molecular weight is 246 g/mol. The largest absolute Gasteiger partial charge is 0.376 e. The highest BCUT2D eigenvalue weighted by molar-refractivity contribution is 5.89. The number of anilines is 1. The van der Waals surface area contributed by atoms with Crippen LogP contribution in [0.5, 0.6) is 0 Å². The summed E-state index contributed by atoms with van der Waals surface area (Å²) in [6.07, 6.45) is 3.60. The van der Waals surface area contributed by atoms with Gasteiger partial charge in [-0.25, -0.2) is 9.78 Å². The highest BCUT2D eigenvalue weighted by Crippen LogP contribution is 2.10. The third kappa shape index (κ3) is 3.43. The van der Waals surface area contributed by atoms with Gasteiger partial charge in [-0.1, -0.05) is 0 Å². The van der Waals surface area contributed by atoms with Crippen LogP contribution in [-0.2, 0) is 4.74 Å². The maximum atomic E-state index is 11.6. The van der Waals surface area contributed by atoms with Crippen molar-refractivity contribution in [2.24, 2.45) is 0 Å². The van der Waals surface area contributed by atoms with E-state index in [1.807, 2.05) is 6.07 Å². The topological polar surface area (TPSA) is 87.0 Å². The highest BCUT2D eigenvalue weighted by atomic mass is 16.5. The number of nitrogens with zero attached hydrogens (tertiary/aromatic N) is 2. The summed E-state index contributed by atoms with van der Waals surface area (Å²) in [5, 5.41) is 14.0. The molecule has 0 bridgehead atoms. The molecule has 2 heterocycles. The van der Waals surface area contributed by atoms with E-state index in [1.54, 1.807) is 12.1 Å². The minimum atomic E-state index is -0.294. The Bertz CT molecular complexity index is 446. The number of hydrogen-bond acceptors (Lipinski definition) is 4. The van der Waals surface area contributed by atoms with Gasteiger partial charge in [0.15, 0.2) is 0 Å². The number of ether oxygens (including phenoxy) is 1. The zero-order valence-corrected chi connectivity index (χ0v) is 9.85. The van der Waals surface area contributed by atoms with Gasteiger partial charge in [-0.3, -0.25) is 0 Å². The van der Waals surface area contributed by atoms with Crippen LogP contribution in [0.3, 0.4) is 0 Å². The maximum Gasteiger partial charge on any atom is 0.319 e. The first-order valence-corrected chi connectivity index (χ1v) is 5.80. The van der Waals surface area contributed by atoms with Gasteiger partial charge in [0.25, 0.3) is 0 Å². The van der Waals surface area contributed by atoms with E-state index in [0.29, 0.717) is 17.9 Å². The lowest BCUT2D eigenvalue weighted by atomic mass is 10.2. The number of carbonyl (C=O) groups excluding carboxylic acids is 1. The fraction of sp³-hybridized carbons (Fsp3) is 0.417. The van der Waals surface area contributed by atoms with E-state index in [2.05, 4.69) is 15.6 Å². The molecule has 2 amide bonds. The summed E-state index contributed by atoms with van der Waals surface area (Å²) in [4.78, 5) is 15.4. The van der Waals surface area contributed by atoms with Crippen molar-refractivity contribution in [1.82, 2.24) is 10.3 Å². The summed E-state index contributed by atoms with van der Waals surface area (Å²) in [6.45, 7) is 1.28. The number of pyridine rings is 1. The van der Waals surface area contributed by atoms with Crippen LogP contribution in [0, 0.1) is 11.3 Å². The Hall–Kier alpha value is -2.13. The van der Waals surface area contributed by atoms with Crippen LogP contribution in [0.1, 0.15) is 18.5 Å².